The number of aromatic amines is 1. The molecule has 4 rings (SSSR count). The molecule has 0 bridgehead atoms. The molecular weight excluding hydrogens is 266 g/mol. The quantitative estimate of drug-likeness (QED) is 0.555. The van der Waals surface area contributed by atoms with Gasteiger partial charge in [0.25, 0.3) is 5.56 Å². The Hall–Kier alpha value is -3.15. The van der Waals surface area contributed by atoms with E-state index in [-0.39, 0.29) is 11.5 Å². The van der Waals surface area contributed by atoms with Gasteiger partial charge in [0.05, 0.1) is 0 Å². The number of nitrogens with two attached hydrogens (primary N) is 1. The summed E-state index contributed by atoms with van der Waals surface area (Å²) in [5.41, 5.74) is 6.81. The number of fused-ring (bicyclic) bond motifs is 2. The van der Waals surface area contributed by atoms with Crippen LogP contribution in [0.25, 0.3) is 27.6 Å². The smallest absolute Gasteiger partial charge is 0.278 e. The second-order valence-electron chi connectivity index (χ2n) is 4.77. The van der Waals surface area contributed by atoms with Gasteiger partial charge >= 0.3 is 0 Å². The zero-order valence-corrected chi connectivity index (χ0v) is 10.9. The topological polar surface area (TPSA) is 89.6 Å². The van der Waals surface area contributed by atoms with E-state index < -0.39 is 0 Å². The summed E-state index contributed by atoms with van der Waals surface area (Å²) in [7, 11) is 0. The van der Waals surface area contributed by atoms with Crippen LogP contribution in [0.5, 0.6) is 0 Å². The fourth-order valence-corrected chi connectivity index (χ4v) is 2.47. The Morgan fingerprint density at radius 1 is 1.10 bits per heavy atom. The summed E-state index contributed by atoms with van der Waals surface area (Å²) < 4.78 is 1.72. The third-order valence-electron chi connectivity index (χ3n) is 3.44. The molecule has 4 aromatic rings. The summed E-state index contributed by atoms with van der Waals surface area (Å²) in [6.45, 7) is 0. The second-order valence-corrected chi connectivity index (χ2v) is 4.77. The number of benzene rings is 2. The van der Waals surface area contributed by atoms with Crippen LogP contribution >= 0.6 is 0 Å². The van der Waals surface area contributed by atoms with E-state index in [0.29, 0.717) is 11.2 Å². The minimum atomic E-state index is -0.303. The van der Waals surface area contributed by atoms with Crippen molar-refractivity contribution in [3.63, 3.8) is 0 Å². The second kappa shape index (κ2) is 4.17. The van der Waals surface area contributed by atoms with Gasteiger partial charge in [-0.15, -0.1) is 0 Å². The average molecular weight is 277 g/mol. The van der Waals surface area contributed by atoms with Gasteiger partial charge in [0.1, 0.15) is 6.33 Å². The Labute approximate surface area is 118 Å². The van der Waals surface area contributed by atoms with Gasteiger partial charge in [0, 0.05) is 5.69 Å². The number of anilines is 1. The summed E-state index contributed by atoms with van der Waals surface area (Å²) in [4.78, 5) is 22.8. The van der Waals surface area contributed by atoms with E-state index in [0.717, 1.165) is 16.5 Å². The van der Waals surface area contributed by atoms with Crippen LogP contribution in [0.1, 0.15) is 0 Å². The van der Waals surface area contributed by atoms with Crippen LogP contribution in [0.3, 0.4) is 0 Å². The van der Waals surface area contributed by atoms with E-state index in [1.165, 1.54) is 0 Å². The van der Waals surface area contributed by atoms with E-state index >= 15 is 0 Å². The Balaban J connectivity index is 2.02. The molecule has 2 aromatic heterocycles. The van der Waals surface area contributed by atoms with Gasteiger partial charge < -0.3 is 5.73 Å². The van der Waals surface area contributed by atoms with Crippen molar-refractivity contribution in [1.29, 1.82) is 0 Å². The van der Waals surface area contributed by atoms with Crippen LogP contribution in [0, 0.1) is 0 Å². The molecule has 0 aliphatic heterocycles. The van der Waals surface area contributed by atoms with Crippen molar-refractivity contribution in [2.45, 2.75) is 0 Å². The van der Waals surface area contributed by atoms with Gasteiger partial charge in [0.2, 0.25) is 5.95 Å². The number of nitrogen functional groups attached to an aromatic ring is 1. The maximum atomic E-state index is 12.1. The molecule has 21 heavy (non-hydrogen) atoms. The number of nitrogens with one attached hydrogen (secondary N) is 1. The fourth-order valence-electron chi connectivity index (χ4n) is 2.47. The average Bonchev–Trinajstić information content (AvgIpc) is 2.90. The van der Waals surface area contributed by atoms with Gasteiger partial charge in [-0.3, -0.25) is 14.3 Å². The van der Waals surface area contributed by atoms with E-state index in [4.69, 9.17) is 5.73 Å². The number of H-pyrrole nitrogens is 1. The van der Waals surface area contributed by atoms with Crippen LogP contribution in [0.4, 0.5) is 5.95 Å². The van der Waals surface area contributed by atoms with E-state index in [9.17, 15) is 4.79 Å². The molecule has 0 amide bonds. The SMILES string of the molecule is Nc1nc2ncn(-c3ccc4ccccc4c3)c2c(=O)[nH]1. The highest BCUT2D eigenvalue weighted by Crippen LogP contribution is 2.20. The highest BCUT2D eigenvalue weighted by atomic mass is 16.1. The van der Waals surface area contributed by atoms with Gasteiger partial charge in [-0.05, 0) is 22.9 Å². The molecule has 0 aliphatic carbocycles. The normalized spacial score (nSPS) is 11.2. The molecule has 0 unspecified atom stereocenters. The molecule has 2 aromatic carbocycles. The minimum Gasteiger partial charge on any atom is -0.369 e. The predicted octanol–water partition coefficient (Wildman–Crippen LogP) is 1.84. The molecular formula is C15H11N5O. The highest BCUT2D eigenvalue weighted by molar-refractivity contribution is 5.85. The maximum absolute atomic E-state index is 12.1. The van der Waals surface area contributed by atoms with Gasteiger partial charge in [-0.1, -0.05) is 30.3 Å². The molecule has 6 heteroatoms. The first-order valence-electron chi connectivity index (χ1n) is 6.44. The standard InChI is InChI=1S/C15H11N5O/c16-15-18-13-12(14(21)19-15)20(8-17-13)11-6-5-9-3-1-2-4-10(9)7-11/h1-8H,(H3,16,18,19,21). The number of hydrogen-bond donors (Lipinski definition) is 2. The molecule has 0 spiro atoms. The van der Waals surface area contributed by atoms with Crippen molar-refractivity contribution in [3.8, 4) is 5.69 Å². The highest BCUT2D eigenvalue weighted by Gasteiger charge is 2.11. The number of aromatic nitrogens is 4. The van der Waals surface area contributed by atoms with Crippen molar-refractivity contribution in [2.24, 2.45) is 0 Å². The van der Waals surface area contributed by atoms with Crippen LogP contribution in [-0.2, 0) is 0 Å². The zero-order valence-electron chi connectivity index (χ0n) is 10.9. The van der Waals surface area contributed by atoms with Crippen molar-refractivity contribution < 1.29 is 0 Å². The summed E-state index contributed by atoms with van der Waals surface area (Å²) in [5.74, 6) is 0.0660. The molecule has 0 fully saturated rings. The van der Waals surface area contributed by atoms with Crippen LogP contribution in [0.2, 0.25) is 0 Å². The van der Waals surface area contributed by atoms with E-state index in [2.05, 4.69) is 15.0 Å². The van der Waals surface area contributed by atoms with E-state index in [1.54, 1.807) is 10.9 Å². The Bertz CT molecular complexity index is 1030. The number of hydrogen-bond acceptors (Lipinski definition) is 4. The number of imidazole rings is 1. The number of nitrogens with zero attached hydrogens (tertiary/aromatic N) is 3. The van der Waals surface area contributed by atoms with Crippen LogP contribution in [0.15, 0.2) is 53.6 Å². The Morgan fingerprint density at radius 3 is 2.76 bits per heavy atom. The molecule has 2 heterocycles. The Morgan fingerprint density at radius 2 is 1.90 bits per heavy atom. The first kappa shape index (κ1) is 11.7. The molecule has 3 N–H and O–H groups in total. The first-order valence-corrected chi connectivity index (χ1v) is 6.44. The summed E-state index contributed by atoms with van der Waals surface area (Å²) in [5, 5.41) is 2.23. The molecule has 0 aliphatic rings. The zero-order chi connectivity index (χ0) is 14.4. The molecule has 0 atom stereocenters. The minimum absolute atomic E-state index is 0.0660. The van der Waals surface area contributed by atoms with Crippen LogP contribution in [-0.4, -0.2) is 19.5 Å². The third kappa shape index (κ3) is 1.77. The van der Waals surface area contributed by atoms with Crippen molar-refractivity contribution in [1.82, 2.24) is 19.5 Å². The molecule has 6 nitrogen and oxygen atoms in total. The lowest BCUT2D eigenvalue weighted by Crippen LogP contribution is -2.13. The largest absolute Gasteiger partial charge is 0.369 e. The van der Waals surface area contributed by atoms with Crippen molar-refractivity contribution >= 4 is 27.9 Å². The van der Waals surface area contributed by atoms with Crippen molar-refractivity contribution in [2.75, 3.05) is 5.73 Å². The monoisotopic (exact) mass is 277 g/mol. The van der Waals surface area contributed by atoms with Crippen molar-refractivity contribution in [3.05, 3.63) is 59.1 Å². The number of rotatable bonds is 1. The van der Waals surface area contributed by atoms with Gasteiger partial charge in [-0.2, -0.15) is 4.98 Å². The molecule has 0 radical (unpaired) electrons. The first-order chi connectivity index (χ1) is 10.2. The van der Waals surface area contributed by atoms with E-state index in [1.807, 2.05) is 42.5 Å². The van der Waals surface area contributed by atoms with Gasteiger partial charge in [0.15, 0.2) is 11.2 Å². The lowest BCUT2D eigenvalue weighted by atomic mass is 10.1. The summed E-state index contributed by atoms with van der Waals surface area (Å²) in [6.07, 6.45) is 1.58. The lowest BCUT2D eigenvalue weighted by Gasteiger charge is -2.05. The fraction of sp³-hybridized carbons (Fsp3) is 0. The van der Waals surface area contributed by atoms with Gasteiger partial charge in [-0.25, -0.2) is 4.98 Å². The summed E-state index contributed by atoms with van der Waals surface area (Å²) in [6, 6.07) is 14.0. The van der Waals surface area contributed by atoms with Crippen LogP contribution < -0.4 is 11.3 Å². The molecule has 0 saturated heterocycles. The predicted molar refractivity (Wildman–Crippen MR) is 81.4 cm³/mol. The Kier molecular flexibility index (Phi) is 2.32. The lowest BCUT2D eigenvalue weighted by molar-refractivity contribution is 1.08. The maximum Gasteiger partial charge on any atom is 0.278 e. The molecule has 102 valence electrons. The third-order valence-corrected chi connectivity index (χ3v) is 3.44. The molecule has 0 saturated carbocycles. The summed E-state index contributed by atoms with van der Waals surface area (Å²) >= 11 is 0.